The van der Waals surface area contributed by atoms with Gasteiger partial charge in [-0.1, -0.05) is 27.7 Å². The quantitative estimate of drug-likeness (QED) is 0.689. The van der Waals surface area contributed by atoms with Gasteiger partial charge < -0.3 is 14.3 Å². The molecule has 0 fully saturated rings. The van der Waals surface area contributed by atoms with Crippen LogP contribution >= 0.6 is 0 Å². The number of hydrogen-bond donors (Lipinski definition) is 1. The third kappa shape index (κ3) is 4.34. The first kappa shape index (κ1) is 17.1. The number of esters is 1. The number of fused-ring (bicyclic) bond motifs is 1. The normalized spacial score (nSPS) is 11.7. The first-order valence-electron chi connectivity index (χ1n) is 7.64. The van der Waals surface area contributed by atoms with Crippen LogP contribution in [0, 0.1) is 5.41 Å². The SMILES string of the molecule is CCc1cc2c(COC(=O)CC(C)(C)C)cc(=O)oc2cc1O. The van der Waals surface area contributed by atoms with E-state index in [4.69, 9.17) is 9.15 Å². The molecule has 1 aromatic carbocycles. The molecule has 0 atom stereocenters. The molecule has 2 aromatic rings. The Morgan fingerprint density at radius 1 is 1.22 bits per heavy atom. The highest BCUT2D eigenvalue weighted by molar-refractivity contribution is 5.83. The summed E-state index contributed by atoms with van der Waals surface area (Å²) in [5.74, 6) is -0.224. The number of benzene rings is 1. The molecule has 1 N–H and O–H groups in total. The largest absolute Gasteiger partial charge is 0.508 e. The van der Waals surface area contributed by atoms with E-state index >= 15 is 0 Å². The van der Waals surface area contributed by atoms with Crippen molar-refractivity contribution < 1.29 is 19.1 Å². The summed E-state index contributed by atoms with van der Waals surface area (Å²) < 4.78 is 10.4. The third-order valence-electron chi connectivity index (χ3n) is 3.47. The van der Waals surface area contributed by atoms with Crippen molar-refractivity contribution in [1.82, 2.24) is 0 Å². The van der Waals surface area contributed by atoms with E-state index in [1.54, 1.807) is 6.07 Å². The predicted octanol–water partition coefficient (Wildman–Crippen LogP) is 3.54. The Hall–Kier alpha value is -2.30. The Morgan fingerprint density at radius 2 is 1.91 bits per heavy atom. The first-order valence-corrected chi connectivity index (χ1v) is 7.64. The fourth-order valence-corrected chi connectivity index (χ4v) is 2.35. The van der Waals surface area contributed by atoms with Crippen molar-refractivity contribution in [3.63, 3.8) is 0 Å². The molecule has 0 saturated heterocycles. The number of hydrogen-bond acceptors (Lipinski definition) is 5. The van der Waals surface area contributed by atoms with Crippen LogP contribution < -0.4 is 5.63 Å². The van der Waals surface area contributed by atoms with Gasteiger partial charge in [-0.05, 0) is 23.5 Å². The van der Waals surface area contributed by atoms with Gasteiger partial charge in [-0.25, -0.2) is 4.79 Å². The number of carbonyl (C=O) groups excluding carboxylic acids is 1. The molecule has 0 aliphatic heterocycles. The summed E-state index contributed by atoms with van der Waals surface area (Å²) >= 11 is 0. The van der Waals surface area contributed by atoms with Gasteiger partial charge in [0.15, 0.2) is 0 Å². The summed E-state index contributed by atoms with van der Waals surface area (Å²) in [5.41, 5.74) is 0.912. The number of aromatic hydroxyl groups is 1. The zero-order chi connectivity index (χ0) is 17.2. The molecule has 0 aliphatic carbocycles. The molecule has 0 saturated carbocycles. The Balaban J connectivity index is 2.32. The lowest BCUT2D eigenvalue weighted by Crippen LogP contribution is -2.15. The fraction of sp³-hybridized carbons (Fsp3) is 0.444. The van der Waals surface area contributed by atoms with Gasteiger partial charge in [-0.15, -0.1) is 0 Å². The van der Waals surface area contributed by atoms with Gasteiger partial charge in [0.05, 0.1) is 6.42 Å². The van der Waals surface area contributed by atoms with Gasteiger partial charge in [0.25, 0.3) is 0 Å². The van der Waals surface area contributed by atoms with E-state index in [1.165, 1.54) is 12.1 Å². The summed E-state index contributed by atoms with van der Waals surface area (Å²) in [6.45, 7) is 7.79. The minimum Gasteiger partial charge on any atom is -0.508 e. The van der Waals surface area contributed by atoms with Crippen molar-refractivity contribution in [2.24, 2.45) is 5.41 Å². The van der Waals surface area contributed by atoms with Crippen LogP contribution in [0.2, 0.25) is 0 Å². The van der Waals surface area contributed by atoms with Crippen molar-refractivity contribution in [2.45, 2.75) is 47.1 Å². The topological polar surface area (TPSA) is 76.7 Å². The van der Waals surface area contributed by atoms with Crippen LogP contribution in [-0.4, -0.2) is 11.1 Å². The number of ether oxygens (including phenoxy) is 1. The summed E-state index contributed by atoms with van der Waals surface area (Å²) in [6, 6.07) is 4.51. The van der Waals surface area contributed by atoms with E-state index in [-0.39, 0.29) is 29.3 Å². The van der Waals surface area contributed by atoms with Gasteiger partial charge in [0, 0.05) is 23.1 Å². The smallest absolute Gasteiger partial charge is 0.336 e. The maximum atomic E-state index is 11.9. The highest BCUT2D eigenvalue weighted by atomic mass is 16.5. The standard InChI is InChI=1S/C18H22O5/c1-5-11-6-13-12(10-22-17(21)9-18(2,3)4)7-16(20)23-15(13)8-14(11)19/h6-8,19H,5,9-10H2,1-4H3. The molecule has 0 unspecified atom stereocenters. The second-order valence-electron chi connectivity index (χ2n) is 6.82. The van der Waals surface area contributed by atoms with Crippen LogP contribution in [0.4, 0.5) is 0 Å². The molecule has 1 heterocycles. The molecule has 0 spiro atoms. The highest BCUT2D eigenvalue weighted by Gasteiger charge is 2.18. The van der Waals surface area contributed by atoms with Crippen molar-refractivity contribution >= 4 is 16.9 Å². The Labute approximate surface area is 134 Å². The highest BCUT2D eigenvalue weighted by Crippen LogP contribution is 2.27. The lowest BCUT2D eigenvalue weighted by atomic mass is 9.92. The van der Waals surface area contributed by atoms with E-state index in [0.717, 1.165) is 5.56 Å². The van der Waals surface area contributed by atoms with Crippen LogP contribution in [0.25, 0.3) is 11.0 Å². The molecule has 1 aromatic heterocycles. The third-order valence-corrected chi connectivity index (χ3v) is 3.47. The lowest BCUT2D eigenvalue weighted by molar-refractivity contribution is -0.147. The van der Waals surface area contributed by atoms with E-state index in [1.807, 2.05) is 27.7 Å². The summed E-state index contributed by atoms with van der Waals surface area (Å²) in [7, 11) is 0. The molecule has 0 amide bonds. The fourth-order valence-electron chi connectivity index (χ4n) is 2.35. The number of phenolic OH excluding ortho intramolecular Hbond substituents is 1. The summed E-state index contributed by atoms with van der Waals surface area (Å²) in [6.07, 6.45) is 0.942. The summed E-state index contributed by atoms with van der Waals surface area (Å²) in [5, 5.41) is 10.6. The van der Waals surface area contributed by atoms with E-state index in [2.05, 4.69) is 0 Å². The molecular weight excluding hydrogens is 296 g/mol. The van der Waals surface area contributed by atoms with Gasteiger partial charge in [0.2, 0.25) is 0 Å². The summed E-state index contributed by atoms with van der Waals surface area (Å²) in [4.78, 5) is 23.5. The van der Waals surface area contributed by atoms with Crippen LogP contribution in [0.15, 0.2) is 27.4 Å². The Kier molecular flexibility index (Phi) is 4.78. The van der Waals surface area contributed by atoms with Gasteiger partial charge in [-0.2, -0.15) is 0 Å². The average molecular weight is 318 g/mol. The second-order valence-corrected chi connectivity index (χ2v) is 6.82. The van der Waals surface area contributed by atoms with E-state index in [9.17, 15) is 14.7 Å². The minimum absolute atomic E-state index is 0.00490. The molecule has 2 rings (SSSR count). The maximum Gasteiger partial charge on any atom is 0.336 e. The van der Waals surface area contributed by atoms with Gasteiger partial charge in [-0.3, -0.25) is 4.79 Å². The average Bonchev–Trinajstić information content (AvgIpc) is 2.42. The molecule has 0 radical (unpaired) electrons. The van der Waals surface area contributed by atoms with Crippen molar-refractivity contribution in [3.05, 3.63) is 39.7 Å². The Morgan fingerprint density at radius 3 is 2.52 bits per heavy atom. The van der Waals surface area contributed by atoms with E-state index < -0.39 is 5.63 Å². The van der Waals surface area contributed by atoms with Crippen LogP contribution in [0.3, 0.4) is 0 Å². The monoisotopic (exact) mass is 318 g/mol. The number of rotatable bonds is 4. The van der Waals surface area contributed by atoms with Gasteiger partial charge >= 0.3 is 11.6 Å². The zero-order valence-electron chi connectivity index (χ0n) is 13.9. The number of phenols is 1. The van der Waals surface area contributed by atoms with Crippen molar-refractivity contribution in [3.8, 4) is 5.75 Å². The molecule has 23 heavy (non-hydrogen) atoms. The predicted molar refractivity (Wildman–Crippen MR) is 87.4 cm³/mol. The maximum absolute atomic E-state index is 11.9. The molecule has 0 aliphatic rings. The number of aryl methyl sites for hydroxylation is 1. The molecule has 5 heteroatoms. The van der Waals surface area contributed by atoms with Crippen LogP contribution in [-0.2, 0) is 22.6 Å². The van der Waals surface area contributed by atoms with Crippen molar-refractivity contribution in [2.75, 3.05) is 0 Å². The Bertz CT molecular complexity index is 780. The van der Waals surface area contributed by atoms with Crippen LogP contribution in [0.1, 0.15) is 45.2 Å². The van der Waals surface area contributed by atoms with Crippen LogP contribution in [0.5, 0.6) is 5.75 Å². The second kappa shape index (κ2) is 6.44. The van der Waals surface area contributed by atoms with Gasteiger partial charge in [0.1, 0.15) is 17.9 Å². The number of carbonyl (C=O) groups is 1. The molecular formula is C18H22O5. The molecule has 0 bridgehead atoms. The first-order chi connectivity index (χ1) is 10.7. The lowest BCUT2D eigenvalue weighted by Gasteiger charge is -2.17. The minimum atomic E-state index is -0.539. The van der Waals surface area contributed by atoms with Crippen molar-refractivity contribution in [1.29, 1.82) is 0 Å². The molecule has 124 valence electrons. The zero-order valence-corrected chi connectivity index (χ0v) is 13.9. The van der Waals surface area contributed by atoms with E-state index in [0.29, 0.717) is 23.8 Å². The molecule has 5 nitrogen and oxygen atoms in total.